The van der Waals surface area contributed by atoms with Gasteiger partial charge in [-0.1, -0.05) is 231 Å². The van der Waals surface area contributed by atoms with Gasteiger partial charge in [0.05, 0.1) is 27.7 Å². The predicted molar refractivity (Wildman–Crippen MR) is 271 cm³/mol. The van der Waals surface area contributed by atoms with Gasteiger partial charge >= 0.3 is 19.8 Å². The number of hydrogen-bond acceptors (Lipinski definition) is 7. The van der Waals surface area contributed by atoms with Crippen LogP contribution in [-0.4, -0.2) is 74.9 Å². The summed E-state index contributed by atoms with van der Waals surface area (Å²) < 4.78 is 34.5. The van der Waals surface area contributed by atoms with Gasteiger partial charge in [-0.05, 0) is 38.5 Å². The first-order valence-electron chi connectivity index (χ1n) is 27.4. The molecule has 1 N–H and O–H groups in total. The van der Waals surface area contributed by atoms with Crippen molar-refractivity contribution in [2.45, 2.75) is 277 Å². The van der Waals surface area contributed by atoms with Gasteiger partial charge in [0.1, 0.15) is 19.8 Å². The van der Waals surface area contributed by atoms with E-state index < -0.39 is 26.5 Å². The second kappa shape index (κ2) is 46.8. The Hall–Kier alpha value is -1.25. The van der Waals surface area contributed by atoms with E-state index in [4.69, 9.17) is 18.5 Å². The van der Waals surface area contributed by atoms with Gasteiger partial charge in [-0.25, -0.2) is 4.57 Å². The van der Waals surface area contributed by atoms with Crippen molar-refractivity contribution in [3.05, 3.63) is 12.2 Å². The molecule has 0 aromatic carbocycles. The quantitative estimate of drug-likeness (QED) is 0.0211. The molecular formula is C54H107NO8P+. The van der Waals surface area contributed by atoms with Gasteiger partial charge < -0.3 is 18.9 Å². The van der Waals surface area contributed by atoms with E-state index in [-0.39, 0.29) is 25.6 Å². The zero-order valence-corrected chi connectivity index (χ0v) is 43.9. The van der Waals surface area contributed by atoms with Crippen molar-refractivity contribution < 1.29 is 42.1 Å². The van der Waals surface area contributed by atoms with E-state index in [2.05, 4.69) is 26.0 Å². The van der Waals surface area contributed by atoms with Crippen molar-refractivity contribution in [1.82, 2.24) is 0 Å². The highest BCUT2D eigenvalue weighted by Gasteiger charge is 2.27. The average molecular weight is 929 g/mol. The van der Waals surface area contributed by atoms with Gasteiger partial charge in [0.25, 0.3) is 0 Å². The topological polar surface area (TPSA) is 108 Å². The van der Waals surface area contributed by atoms with E-state index >= 15 is 0 Å². The lowest BCUT2D eigenvalue weighted by Gasteiger charge is -2.24. The van der Waals surface area contributed by atoms with Gasteiger partial charge in [-0.2, -0.15) is 0 Å². The summed E-state index contributed by atoms with van der Waals surface area (Å²) in [5, 5.41) is 0. The highest BCUT2D eigenvalue weighted by atomic mass is 31.2. The fourth-order valence-electron chi connectivity index (χ4n) is 8.01. The molecule has 0 aromatic rings. The number of nitrogens with zero attached hydrogens (tertiary/aromatic N) is 1. The highest BCUT2D eigenvalue weighted by Crippen LogP contribution is 2.43. The molecule has 380 valence electrons. The van der Waals surface area contributed by atoms with Crippen LogP contribution in [0.25, 0.3) is 0 Å². The Morgan fingerprint density at radius 1 is 0.469 bits per heavy atom. The van der Waals surface area contributed by atoms with Crippen LogP contribution in [0.3, 0.4) is 0 Å². The van der Waals surface area contributed by atoms with E-state index in [1.54, 1.807) is 0 Å². The van der Waals surface area contributed by atoms with E-state index in [9.17, 15) is 19.0 Å². The fourth-order valence-corrected chi connectivity index (χ4v) is 8.75. The van der Waals surface area contributed by atoms with Gasteiger partial charge in [0, 0.05) is 12.8 Å². The summed E-state index contributed by atoms with van der Waals surface area (Å²) in [7, 11) is 1.49. The van der Waals surface area contributed by atoms with Crippen molar-refractivity contribution in [2.75, 3.05) is 47.5 Å². The largest absolute Gasteiger partial charge is 0.472 e. The standard InChI is InChI=1S/C54H106NO8P/c1-6-8-10-12-14-16-18-20-22-24-26-27-29-31-33-35-37-39-41-43-45-47-54(57)63-52(51-62-64(58,59)61-49-48-55(3,4)5)50-60-53(56)46-44-42-40-38-36-34-32-30-28-25-23-21-19-17-15-13-11-9-7-2/h21,23,52H,6-20,22,24-51H2,1-5H3/p+1/b23-21-/t52-/m1/s1. The van der Waals surface area contributed by atoms with Gasteiger partial charge in [0.2, 0.25) is 0 Å². The van der Waals surface area contributed by atoms with Crippen LogP contribution >= 0.6 is 7.82 Å². The van der Waals surface area contributed by atoms with Crippen LogP contribution in [0.4, 0.5) is 0 Å². The molecule has 0 aliphatic rings. The lowest BCUT2D eigenvalue weighted by molar-refractivity contribution is -0.870. The van der Waals surface area contributed by atoms with Crippen LogP contribution in [-0.2, 0) is 32.7 Å². The summed E-state index contributed by atoms with van der Waals surface area (Å²) in [5.74, 6) is -0.783. The number of esters is 2. The highest BCUT2D eigenvalue weighted by molar-refractivity contribution is 7.47. The minimum absolute atomic E-state index is 0.0352. The van der Waals surface area contributed by atoms with Crippen molar-refractivity contribution >= 4 is 19.8 Å². The minimum Gasteiger partial charge on any atom is -0.462 e. The number of carbonyl (C=O) groups excluding carboxylic acids is 2. The third-order valence-corrected chi connectivity index (χ3v) is 13.3. The molecule has 64 heavy (non-hydrogen) atoms. The molecule has 0 amide bonds. The van der Waals surface area contributed by atoms with Crippen LogP contribution in [0.15, 0.2) is 12.2 Å². The van der Waals surface area contributed by atoms with Crippen LogP contribution in [0.5, 0.6) is 0 Å². The molecule has 0 spiro atoms. The maximum atomic E-state index is 12.8. The summed E-state index contributed by atoms with van der Waals surface area (Å²) in [5.41, 5.74) is 0. The number of unbranched alkanes of at least 4 members (excludes halogenated alkanes) is 35. The minimum atomic E-state index is -4.38. The third-order valence-electron chi connectivity index (χ3n) is 12.3. The average Bonchev–Trinajstić information content (AvgIpc) is 3.25. The van der Waals surface area contributed by atoms with E-state index in [0.717, 1.165) is 38.5 Å². The van der Waals surface area contributed by atoms with E-state index in [1.807, 2.05) is 21.1 Å². The molecule has 9 nitrogen and oxygen atoms in total. The molecular weight excluding hydrogens is 822 g/mol. The number of hydrogen-bond donors (Lipinski definition) is 1. The molecule has 0 saturated carbocycles. The Kier molecular flexibility index (Phi) is 45.9. The van der Waals surface area contributed by atoms with Crippen molar-refractivity contribution in [3.8, 4) is 0 Å². The van der Waals surface area contributed by atoms with Crippen LogP contribution in [0.2, 0.25) is 0 Å². The normalized spacial score (nSPS) is 13.4. The molecule has 1 unspecified atom stereocenters. The second-order valence-electron chi connectivity index (χ2n) is 20.0. The van der Waals surface area contributed by atoms with E-state index in [1.165, 1.54) is 205 Å². The Morgan fingerprint density at radius 3 is 1.16 bits per heavy atom. The first-order chi connectivity index (χ1) is 31.0. The maximum absolute atomic E-state index is 12.8. The Morgan fingerprint density at radius 2 is 0.797 bits per heavy atom. The number of allylic oxidation sites excluding steroid dienone is 2. The zero-order chi connectivity index (χ0) is 47.1. The van der Waals surface area contributed by atoms with Crippen molar-refractivity contribution in [3.63, 3.8) is 0 Å². The number of quaternary nitrogens is 1. The summed E-state index contributed by atoms with van der Waals surface area (Å²) in [6, 6.07) is 0. The number of rotatable bonds is 51. The smallest absolute Gasteiger partial charge is 0.462 e. The lowest BCUT2D eigenvalue weighted by atomic mass is 10.0. The van der Waals surface area contributed by atoms with Crippen LogP contribution in [0.1, 0.15) is 271 Å². The lowest BCUT2D eigenvalue weighted by Crippen LogP contribution is -2.37. The molecule has 0 aliphatic carbocycles. The molecule has 0 fully saturated rings. The maximum Gasteiger partial charge on any atom is 0.472 e. The van der Waals surface area contributed by atoms with Crippen molar-refractivity contribution in [1.29, 1.82) is 0 Å². The first-order valence-corrected chi connectivity index (χ1v) is 28.9. The monoisotopic (exact) mass is 929 g/mol. The Balaban J connectivity index is 4.17. The van der Waals surface area contributed by atoms with Gasteiger partial charge in [-0.3, -0.25) is 18.6 Å². The number of likely N-dealkylation sites (N-methyl/N-ethyl adjacent to an activating group) is 1. The number of carbonyl (C=O) groups is 2. The van der Waals surface area contributed by atoms with Crippen LogP contribution in [0, 0.1) is 0 Å². The first kappa shape index (κ1) is 62.8. The molecule has 0 rings (SSSR count). The molecule has 2 atom stereocenters. The molecule has 0 heterocycles. The summed E-state index contributed by atoms with van der Waals surface area (Å²) in [6.45, 7) is 4.48. The Labute approximate surface area is 396 Å². The molecule has 0 radical (unpaired) electrons. The third kappa shape index (κ3) is 50.2. The summed E-state index contributed by atoms with van der Waals surface area (Å²) in [6.07, 6.45) is 52.6. The predicted octanol–water partition coefficient (Wildman–Crippen LogP) is 16.5. The molecule has 0 bridgehead atoms. The van der Waals surface area contributed by atoms with E-state index in [0.29, 0.717) is 17.4 Å². The Bertz CT molecular complexity index is 1100. The number of phosphoric acid groups is 1. The number of ether oxygens (including phenoxy) is 2. The fraction of sp³-hybridized carbons (Fsp3) is 0.926. The van der Waals surface area contributed by atoms with Gasteiger partial charge in [-0.15, -0.1) is 0 Å². The summed E-state index contributed by atoms with van der Waals surface area (Å²) in [4.78, 5) is 35.6. The molecule has 0 saturated heterocycles. The molecule has 10 heteroatoms. The molecule has 0 aliphatic heterocycles. The summed E-state index contributed by atoms with van der Waals surface area (Å²) >= 11 is 0. The second-order valence-corrected chi connectivity index (χ2v) is 21.4. The van der Waals surface area contributed by atoms with Crippen molar-refractivity contribution in [2.24, 2.45) is 0 Å². The SMILES string of the molecule is CCCCCCCC/C=C\CCCCCCCCCCCC(=O)OC[C@H](COP(=O)(O)OCC[N+](C)(C)C)OC(=O)CCCCCCCCCCCCCCCCCCCCCCC. The molecule has 0 aromatic heterocycles. The zero-order valence-electron chi connectivity index (χ0n) is 43.0. The van der Waals surface area contributed by atoms with Gasteiger partial charge in [0.15, 0.2) is 6.10 Å². The van der Waals surface area contributed by atoms with Crippen LogP contribution < -0.4 is 0 Å². The number of phosphoric ester groups is 1.